The zero-order valence-electron chi connectivity index (χ0n) is 20.1. The predicted octanol–water partition coefficient (Wildman–Crippen LogP) is 5.70. The third-order valence-corrected chi connectivity index (χ3v) is 7.02. The zero-order valence-corrected chi connectivity index (χ0v) is 20.1. The maximum Gasteiger partial charge on any atom is 0.389 e. The number of piperidine rings is 1. The van der Waals surface area contributed by atoms with Crippen molar-refractivity contribution < 1.29 is 22.7 Å². The highest BCUT2D eigenvalue weighted by Gasteiger charge is 2.38. The summed E-state index contributed by atoms with van der Waals surface area (Å²) in [6, 6.07) is 8.29. The van der Waals surface area contributed by atoms with Crippen LogP contribution in [0, 0.1) is 11.3 Å². The average Bonchev–Trinajstić information content (AvgIpc) is 2.75. The SMILES string of the molecule is CC(C)CN1CCOc2ccccc2CCCCC2(CCN(C(=O)CCC(F)(F)F)CC2)C1. The Morgan fingerprint density at radius 1 is 1.09 bits per heavy atom. The summed E-state index contributed by atoms with van der Waals surface area (Å²) in [5, 5.41) is 0. The maximum absolute atomic E-state index is 12.5. The van der Waals surface area contributed by atoms with Gasteiger partial charge in [-0.1, -0.05) is 38.5 Å². The lowest BCUT2D eigenvalue weighted by Gasteiger charge is -2.45. The Balaban J connectivity index is 1.66. The predicted molar refractivity (Wildman–Crippen MR) is 124 cm³/mol. The molecule has 2 aliphatic heterocycles. The van der Waals surface area contributed by atoms with Gasteiger partial charge in [-0.3, -0.25) is 9.69 Å². The standard InChI is InChI=1S/C26H39F3N2O2/c1-21(2)19-30-17-18-33-23-9-4-3-7-22(23)8-5-6-11-25(20-30)13-15-31(16-14-25)24(32)10-12-26(27,28)29/h3-4,7,9,21H,5-6,8,10-20H2,1-2H3. The van der Waals surface area contributed by atoms with Gasteiger partial charge in [-0.15, -0.1) is 0 Å². The molecule has 1 aromatic carbocycles. The molecular weight excluding hydrogens is 429 g/mol. The largest absolute Gasteiger partial charge is 0.492 e. The average molecular weight is 469 g/mol. The van der Waals surface area contributed by atoms with Gasteiger partial charge in [0.25, 0.3) is 0 Å². The first-order chi connectivity index (χ1) is 15.7. The van der Waals surface area contributed by atoms with Crippen molar-refractivity contribution in [3.63, 3.8) is 0 Å². The number of aryl methyl sites for hydroxylation is 1. The van der Waals surface area contributed by atoms with E-state index in [9.17, 15) is 18.0 Å². The molecule has 1 spiro atoms. The van der Waals surface area contributed by atoms with Crippen molar-refractivity contribution in [2.24, 2.45) is 11.3 Å². The van der Waals surface area contributed by atoms with Gasteiger partial charge < -0.3 is 9.64 Å². The minimum atomic E-state index is -4.28. The fourth-order valence-corrected chi connectivity index (χ4v) is 5.30. The highest BCUT2D eigenvalue weighted by Crippen LogP contribution is 2.39. The number of nitrogens with zero attached hydrogens (tertiary/aromatic N) is 2. The monoisotopic (exact) mass is 468 g/mol. The second-order valence-corrected chi connectivity index (χ2v) is 10.3. The van der Waals surface area contributed by atoms with E-state index in [0.29, 0.717) is 25.6 Å². The van der Waals surface area contributed by atoms with E-state index in [1.54, 1.807) is 4.90 Å². The van der Waals surface area contributed by atoms with Crippen LogP contribution in [0.5, 0.6) is 5.75 Å². The van der Waals surface area contributed by atoms with E-state index in [1.807, 2.05) is 6.07 Å². The van der Waals surface area contributed by atoms with E-state index >= 15 is 0 Å². The van der Waals surface area contributed by atoms with E-state index in [0.717, 1.165) is 63.9 Å². The van der Waals surface area contributed by atoms with Gasteiger partial charge in [0.05, 0.1) is 6.42 Å². The van der Waals surface area contributed by atoms with Crippen LogP contribution in [0.4, 0.5) is 13.2 Å². The molecule has 0 radical (unpaired) electrons. The number of carbonyl (C=O) groups is 1. The molecule has 7 heteroatoms. The molecule has 0 unspecified atom stereocenters. The van der Waals surface area contributed by atoms with Crippen molar-refractivity contribution >= 4 is 5.91 Å². The molecule has 0 atom stereocenters. The van der Waals surface area contributed by atoms with Crippen LogP contribution in [-0.2, 0) is 11.2 Å². The molecule has 0 aliphatic carbocycles. The van der Waals surface area contributed by atoms with Gasteiger partial charge in [0.1, 0.15) is 12.4 Å². The molecule has 3 rings (SSSR count). The van der Waals surface area contributed by atoms with E-state index in [1.165, 1.54) is 5.56 Å². The smallest absolute Gasteiger partial charge is 0.389 e. The molecule has 0 bridgehead atoms. The summed E-state index contributed by atoms with van der Waals surface area (Å²) in [5.41, 5.74) is 1.36. The Bertz CT molecular complexity index is 758. The third kappa shape index (κ3) is 8.20. The van der Waals surface area contributed by atoms with Crippen molar-refractivity contribution in [2.45, 2.75) is 71.4 Å². The van der Waals surface area contributed by atoms with E-state index in [-0.39, 0.29) is 11.3 Å². The second-order valence-electron chi connectivity index (χ2n) is 10.3. The molecule has 0 aromatic heterocycles. The number of likely N-dealkylation sites (tertiary alicyclic amines) is 1. The topological polar surface area (TPSA) is 32.8 Å². The first kappa shape index (κ1) is 25.9. The molecule has 1 fully saturated rings. The number of alkyl halides is 3. The van der Waals surface area contributed by atoms with Crippen molar-refractivity contribution in [3.8, 4) is 5.75 Å². The number of rotatable bonds is 4. The van der Waals surface area contributed by atoms with Gasteiger partial charge in [-0.05, 0) is 55.1 Å². The molecule has 4 nitrogen and oxygen atoms in total. The number of ether oxygens (including phenoxy) is 1. The second kappa shape index (κ2) is 11.6. The van der Waals surface area contributed by atoms with Crippen LogP contribution in [0.15, 0.2) is 24.3 Å². The summed E-state index contributed by atoms with van der Waals surface area (Å²) in [4.78, 5) is 16.5. The van der Waals surface area contributed by atoms with Crippen LogP contribution in [-0.4, -0.2) is 61.2 Å². The van der Waals surface area contributed by atoms with Gasteiger partial charge >= 0.3 is 6.18 Å². The number of hydrogen-bond acceptors (Lipinski definition) is 3. The Kier molecular flexibility index (Phi) is 9.08. The molecule has 1 aromatic rings. The van der Waals surface area contributed by atoms with Crippen LogP contribution in [0.25, 0.3) is 0 Å². The minimum absolute atomic E-state index is 0.106. The molecule has 1 saturated heterocycles. The lowest BCUT2D eigenvalue weighted by molar-refractivity contribution is -0.150. The molecular formula is C26H39F3N2O2. The van der Waals surface area contributed by atoms with Crippen molar-refractivity contribution in [1.29, 1.82) is 0 Å². The fourth-order valence-electron chi connectivity index (χ4n) is 5.30. The van der Waals surface area contributed by atoms with Gasteiger partial charge in [0, 0.05) is 39.1 Å². The molecule has 33 heavy (non-hydrogen) atoms. The first-order valence-corrected chi connectivity index (χ1v) is 12.4. The number of hydrogen-bond donors (Lipinski definition) is 0. The Labute approximate surface area is 196 Å². The van der Waals surface area contributed by atoms with Crippen LogP contribution in [0.3, 0.4) is 0 Å². The number of para-hydroxylation sites is 1. The normalized spacial score (nSPS) is 20.6. The van der Waals surface area contributed by atoms with Gasteiger partial charge in [0.2, 0.25) is 5.91 Å². The van der Waals surface area contributed by atoms with Crippen LogP contribution >= 0.6 is 0 Å². The highest BCUT2D eigenvalue weighted by atomic mass is 19.4. The highest BCUT2D eigenvalue weighted by molar-refractivity contribution is 5.76. The molecule has 2 aliphatic rings. The Hall–Kier alpha value is -1.76. The minimum Gasteiger partial charge on any atom is -0.492 e. The van der Waals surface area contributed by atoms with E-state index in [4.69, 9.17) is 4.74 Å². The summed E-state index contributed by atoms with van der Waals surface area (Å²) >= 11 is 0. The molecule has 0 N–H and O–H groups in total. The van der Waals surface area contributed by atoms with Crippen molar-refractivity contribution in [2.75, 3.05) is 39.3 Å². The fraction of sp³-hybridized carbons (Fsp3) is 0.731. The first-order valence-electron chi connectivity index (χ1n) is 12.4. The summed E-state index contributed by atoms with van der Waals surface area (Å²) in [7, 11) is 0. The van der Waals surface area contributed by atoms with E-state index < -0.39 is 19.0 Å². The van der Waals surface area contributed by atoms with Crippen LogP contribution in [0.1, 0.15) is 64.4 Å². The Morgan fingerprint density at radius 3 is 2.52 bits per heavy atom. The number of amides is 1. The molecule has 2 heterocycles. The van der Waals surface area contributed by atoms with Crippen LogP contribution in [0.2, 0.25) is 0 Å². The number of benzene rings is 1. The van der Waals surface area contributed by atoms with Gasteiger partial charge in [-0.2, -0.15) is 13.2 Å². The lowest BCUT2D eigenvalue weighted by Crippen LogP contribution is -2.49. The maximum atomic E-state index is 12.5. The van der Waals surface area contributed by atoms with Crippen molar-refractivity contribution in [1.82, 2.24) is 9.80 Å². The molecule has 0 saturated carbocycles. The number of fused-ring (bicyclic) bond motifs is 1. The third-order valence-electron chi connectivity index (χ3n) is 7.02. The van der Waals surface area contributed by atoms with Crippen molar-refractivity contribution in [3.05, 3.63) is 29.8 Å². The zero-order chi connectivity index (χ0) is 23.9. The molecule has 186 valence electrons. The number of halogens is 3. The molecule has 1 amide bonds. The van der Waals surface area contributed by atoms with Gasteiger partial charge in [0.15, 0.2) is 0 Å². The van der Waals surface area contributed by atoms with E-state index in [2.05, 4.69) is 36.9 Å². The lowest BCUT2D eigenvalue weighted by atomic mass is 9.73. The summed E-state index contributed by atoms with van der Waals surface area (Å²) < 4.78 is 43.8. The summed E-state index contributed by atoms with van der Waals surface area (Å²) in [5.74, 6) is 1.16. The summed E-state index contributed by atoms with van der Waals surface area (Å²) in [6.45, 7) is 9.00. The summed E-state index contributed by atoms with van der Waals surface area (Å²) in [6.07, 6.45) is 0.237. The van der Waals surface area contributed by atoms with Gasteiger partial charge in [-0.25, -0.2) is 0 Å². The Morgan fingerprint density at radius 2 is 1.82 bits per heavy atom. The van der Waals surface area contributed by atoms with Crippen LogP contribution < -0.4 is 4.74 Å². The quantitative estimate of drug-likeness (QED) is 0.568. The number of carbonyl (C=O) groups excluding carboxylic acids is 1.